The molecule has 0 aliphatic carbocycles. The van der Waals surface area contributed by atoms with Gasteiger partial charge in [-0.05, 0) is 17.2 Å². The van der Waals surface area contributed by atoms with Gasteiger partial charge in [-0.1, -0.05) is 72.3 Å². The SMILES string of the molecule is COCCOCOc1cc(Cl)c(C(Cl)(C(=O)O)C(c2ccccc2)c2ccccc2)cc1OCOCCOC. The summed E-state index contributed by atoms with van der Waals surface area (Å²) in [5.74, 6) is -1.65. The number of ether oxygens (including phenoxy) is 6. The average Bonchev–Trinajstić information content (AvgIpc) is 2.94. The number of carbonyl (C=O) groups is 1. The molecule has 0 aliphatic rings. The summed E-state index contributed by atoms with van der Waals surface area (Å²) in [6.45, 7) is 1.14. The maximum absolute atomic E-state index is 13.0. The molecule has 0 fully saturated rings. The Morgan fingerprint density at radius 2 is 1.26 bits per heavy atom. The van der Waals surface area contributed by atoms with E-state index >= 15 is 0 Å². The van der Waals surface area contributed by atoms with Gasteiger partial charge in [-0.3, -0.25) is 0 Å². The van der Waals surface area contributed by atoms with Gasteiger partial charge in [0.1, 0.15) is 0 Å². The standard InChI is InChI=1S/C29H32Cl2O8/c1-34-13-15-36-19-38-25-17-23(24(30)18-26(25)39-20-37-16-14-35-2)29(31,28(32)33)27(21-9-5-3-6-10-21)22-11-7-4-8-12-22/h3-12,17-18,27H,13-16,19-20H2,1-2H3,(H,32,33). The van der Waals surface area contributed by atoms with Crippen molar-refractivity contribution in [3.05, 3.63) is 94.5 Å². The highest BCUT2D eigenvalue weighted by Crippen LogP contribution is 2.51. The molecule has 0 aliphatic heterocycles. The van der Waals surface area contributed by atoms with Crippen LogP contribution in [0, 0.1) is 0 Å². The first-order chi connectivity index (χ1) is 18.9. The van der Waals surface area contributed by atoms with Crippen molar-refractivity contribution in [2.24, 2.45) is 0 Å². The van der Waals surface area contributed by atoms with Crippen LogP contribution in [0.5, 0.6) is 11.5 Å². The molecule has 0 radical (unpaired) electrons. The van der Waals surface area contributed by atoms with Crippen molar-refractivity contribution < 1.29 is 38.3 Å². The Kier molecular flexibility index (Phi) is 12.3. The Morgan fingerprint density at radius 1 is 0.795 bits per heavy atom. The van der Waals surface area contributed by atoms with Crippen molar-refractivity contribution in [3.63, 3.8) is 0 Å². The second kappa shape index (κ2) is 15.7. The highest BCUT2D eigenvalue weighted by molar-refractivity contribution is 6.38. The molecule has 1 N–H and O–H groups in total. The van der Waals surface area contributed by atoms with Crippen LogP contribution in [-0.2, 0) is 28.6 Å². The predicted octanol–water partition coefficient (Wildman–Crippen LogP) is 5.69. The van der Waals surface area contributed by atoms with Gasteiger partial charge in [0, 0.05) is 31.8 Å². The second-order valence-electron chi connectivity index (χ2n) is 8.38. The van der Waals surface area contributed by atoms with Gasteiger partial charge < -0.3 is 33.5 Å². The first kappa shape index (κ1) is 30.7. The van der Waals surface area contributed by atoms with E-state index in [9.17, 15) is 9.90 Å². The minimum Gasteiger partial charge on any atom is -0.480 e. The van der Waals surface area contributed by atoms with Gasteiger partial charge in [0.15, 0.2) is 30.0 Å². The molecule has 0 saturated carbocycles. The van der Waals surface area contributed by atoms with Gasteiger partial charge in [-0.2, -0.15) is 0 Å². The van der Waals surface area contributed by atoms with Crippen molar-refractivity contribution in [2.45, 2.75) is 10.8 Å². The topological polar surface area (TPSA) is 92.7 Å². The number of benzene rings is 3. The summed E-state index contributed by atoms with van der Waals surface area (Å²) >= 11 is 13.9. The molecule has 0 bridgehead atoms. The summed E-state index contributed by atoms with van der Waals surface area (Å²) in [5, 5.41) is 10.7. The molecule has 210 valence electrons. The molecule has 0 amide bonds. The fraction of sp³-hybridized carbons (Fsp3) is 0.345. The fourth-order valence-electron chi connectivity index (χ4n) is 3.99. The molecule has 10 heteroatoms. The van der Waals surface area contributed by atoms with E-state index in [0.29, 0.717) is 37.6 Å². The first-order valence-electron chi connectivity index (χ1n) is 12.2. The number of rotatable bonds is 17. The van der Waals surface area contributed by atoms with E-state index in [1.54, 1.807) is 14.2 Å². The van der Waals surface area contributed by atoms with Crippen LogP contribution in [0.15, 0.2) is 72.8 Å². The van der Waals surface area contributed by atoms with Crippen LogP contribution in [0.4, 0.5) is 0 Å². The van der Waals surface area contributed by atoms with Crippen LogP contribution >= 0.6 is 23.2 Å². The van der Waals surface area contributed by atoms with Crippen LogP contribution < -0.4 is 9.47 Å². The predicted molar refractivity (Wildman–Crippen MR) is 148 cm³/mol. The van der Waals surface area contributed by atoms with E-state index in [2.05, 4.69) is 0 Å². The third kappa shape index (κ3) is 8.08. The van der Waals surface area contributed by atoms with E-state index in [0.717, 1.165) is 0 Å². The molecule has 3 aromatic carbocycles. The Morgan fingerprint density at radius 3 is 1.69 bits per heavy atom. The molecule has 3 rings (SSSR count). The van der Waals surface area contributed by atoms with Crippen molar-refractivity contribution in [3.8, 4) is 11.5 Å². The quantitative estimate of drug-likeness (QED) is 0.124. The van der Waals surface area contributed by atoms with Crippen LogP contribution in [0.25, 0.3) is 0 Å². The molecule has 1 atom stereocenters. The zero-order chi connectivity index (χ0) is 28.1. The van der Waals surface area contributed by atoms with E-state index in [4.69, 9.17) is 51.6 Å². The number of hydrogen-bond donors (Lipinski definition) is 1. The van der Waals surface area contributed by atoms with E-state index < -0.39 is 16.8 Å². The van der Waals surface area contributed by atoms with Crippen LogP contribution in [-0.4, -0.2) is 65.3 Å². The lowest BCUT2D eigenvalue weighted by Crippen LogP contribution is -2.37. The molecule has 0 heterocycles. The number of methoxy groups -OCH3 is 2. The van der Waals surface area contributed by atoms with Crippen LogP contribution in [0.3, 0.4) is 0 Å². The smallest absolute Gasteiger partial charge is 0.330 e. The lowest BCUT2D eigenvalue weighted by Gasteiger charge is -2.34. The lowest BCUT2D eigenvalue weighted by atomic mass is 9.76. The number of carboxylic acid groups (broad SMARTS) is 1. The minimum absolute atomic E-state index is 0.0869. The van der Waals surface area contributed by atoms with Crippen LogP contribution in [0.2, 0.25) is 5.02 Å². The van der Waals surface area contributed by atoms with Gasteiger partial charge in [0.05, 0.1) is 31.5 Å². The summed E-state index contributed by atoms with van der Waals surface area (Å²) < 4.78 is 32.4. The summed E-state index contributed by atoms with van der Waals surface area (Å²) in [6.07, 6.45) is 0. The largest absolute Gasteiger partial charge is 0.480 e. The normalized spacial score (nSPS) is 12.7. The van der Waals surface area contributed by atoms with E-state index in [-0.39, 0.29) is 35.7 Å². The fourth-order valence-corrected chi connectivity index (χ4v) is 4.75. The highest BCUT2D eigenvalue weighted by atomic mass is 35.5. The first-order valence-corrected chi connectivity index (χ1v) is 12.9. The van der Waals surface area contributed by atoms with Crippen LogP contribution in [0.1, 0.15) is 22.6 Å². The summed E-state index contributed by atoms with van der Waals surface area (Å²) in [6, 6.07) is 21.3. The molecule has 39 heavy (non-hydrogen) atoms. The van der Waals surface area contributed by atoms with Crippen molar-refractivity contribution in [2.75, 3.05) is 54.2 Å². The summed E-state index contributed by atoms with van der Waals surface area (Å²) in [7, 11) is 3.13. The molecule has 0 saturated heterocycles. The highest BCUT2D eigenvalue weighted by Gasteiger charge is 2.49. The number of carboxylic acids is 1. The average molecular weight is 579 g/mol. The third-order valence-electron chi connectivity index (χ3n) is 5.86. The molecule has 1 unspecified atom stereocenters. The van der Waals surface area contributed by atoms with E-state index in [1.807, 2.05) is 60.7 Å². The zero-order valence-corrected chi connectivity index (χ0v) is 23.3. The Hall–Kier alpha value is -2.85. The van der Waals surface area contributed by atoms with Gasteiger partial charge in [0.25, 0.3) is 0 Å². The number of aliphatic carboxylic acids is 1. The maximum Gasteiger partial charge on any atom is 0.330 e. The monoisotopic (exact) mass is 578 g/mol. The Labute approximate surface area is 238 Å². The zero-order valence-electron chi connectivity index (χ0n) is 21.8. The molecular weight excluding hydrogens is 547 g/mol. The van der Waals surface area contributed by atoms with Crippen molar-refractivity contribution >= 4 is 29.2 Å². The lowest BCUT2D eigenvalue weighted by molar-refractivity contribution is -0.141. The Bertz CT molecular complexity index is 1120. The summed E-state index contributed by atoms with van der Waals surface area (Å²) in [5.41, 5.74) is 1.54. The molecular formula is C29H32Cl2O8. The molecule has 3 aromatic rings. The number of alkyl halides is 1. The van der Waals surface area contributed by atoms with Gasteiger partial charge in [0.2, 0.25) is 0 Å². The van der Waals surface area contributed by atoms with Gasteiger partial charge >= 0.3 is 5.97 Å². The molecule has 0 aromatic heterocycles. The molecule has 0 spiro atoms. The second-order valence-corrected chi connectivity index (χ2v) is 9.38. The van der Waals surface area contributed by atoms with Crippen molar-refractivity contribution in [1.29, 1.82) is 0 Å². The minimum atomic E-state index is -2.01. The molecule has 8 nitrogen and oxygen atoms in total. The number of halogens is 2. The Balaban J connectivity index is 2.07. The van der Waals surface area contributed by atoms with E-state index in [1.165, 1.54) is 12.1 Å². The van der Waals surface area contributed by atoms with Gasteiger partial charge in [-0.25, -0.2) is 4.79 Å². The number of hydrogen-bond acceptors (Lipinski definition) is 7. The summed E-state index contributed by atoms with van der Waals surface area (Å²) in [4.78, 5) is 11.0. The van der Waals surface area contributed by atoms with Crippen molar-refractivity contribution in [1.82, 2.24) is 0 Å². The van der Waals surface area contributed by atoms with Gasteiger partial charge in [-0.15, -0.1) is 11.6 Å². The maximum atomic E-state index is 13.0. The third-order valence-corrected chi connectivity index (χ3v) is 6.76.